The van der Waals surface area contributed by atoms with Crippen molar-refractivity contribution < 1.29 is 4.74 Å². The van der Waals surface area contributed by atoms with Crippen molar-refractivity contribution in [2.24, 2.45) is 5.41 Å². The minimum Gasteiger partial charge on any atom is -0.490 e. The zero-order valence-corrected chi connectivity index (χ0v) is 13.3. The van der Waals surface area contributed by atoms with Crippen molar-refractivity contribution in [3.63, 3.8) is 0 Å². The summed E-state index contributed by atoms with van der Waals surface area (Å²) in [5.74, 6) is 0.933. The smallest absolute Gasteiger partial charge is 0.119 e. The van der Waals surface area contributed by atoms with Crippen LogP contribution in [0.2, 0.25) is 0 Å². The summed E-state index contributed by atoms with van der Waals surface area (Å²) in [7, 11) is 0. The van der Waals surface area contributed by atoms with Gasteiger partial charge in [-0.25, -0.2) is 0 Å². The first kappa shape index (κ1) is 14.5. The molecule has 0 aliphatic heterocycles. The average molecular weight is 301 g/mol. The molecule has 0 spiro atoms. The van der Waals surface area contributed by atoms with Gasteiger partial charge in [0, 0.05) is 17.2 Å². The molecule has 3 rings (SSSR count). The van der Waals surface area contributed by atoms with E-state index in [4.69, 9.17) is 16.3 Å². The average Bonchev–Trinajstić information content (AvgIpc) is 2.55. The minimum atomic E-state index is 0.0969. The summed E-state index contributed by atoms with van der Waals surface area (Å²) in [5, 5.41) is 0.232. The maximum atomic E-state index is 6.34. The van der Waals surface area contributed by atoms with Crippen molar-refractivity contribution in [2.45, 2.75) is 38.2 Å². The first-order valence-corrected chi connectivity index (χ1v) is 8.03. The van der Waals surface area contributed by atoms with E-state index in [2.05, 4.69) is 62.4 Å². The molecule has 1 fully saturated rings. The summed E-state index contributed by atoms with van der Waals surface area (Å²) in [6.07, 6.45) is 2.22. The summed E-state index contributed by atoms with van der Waals surface area (Å²) in [6.45, 7) is 4.40. The Morgan fingerprint density at radius 2 is 1.67 bits per heavy atom. The van der Waals surface area contributed by atoms with Crippen LogP contribution in [-0.4, -0.2) is 11.5 Å². The molecule has 110 valence electrons. The lowest BCUT2D eigenvalue weighted by Crippen LogP contribution is -2.55. The van der Waals surface area contributed by atoms with Crippen LogP contribution in [0, 0.1) is 5.41 Å². The largest absolute Gasteiger partial charge is 0.490 e. The third kappa shape index (κ3) is 2.67. The highest BCUT2D eigenvalue weighted by Crippen LogP contribution is 2.49. The van der Waals surface area contributed by atoms with E-state index < -0.39 is 0 Å². The number of alkyl halides is 1. The number of ether oxygens (including phenoxy) is 1. The first-order chi connectivity index (χ1) is 10.1. The van der Waals surface area contributed by atoms with Crippen molar-refractivity contribution in [1.29, 1.82) is 0 Å². The van der Waals surface area contributed by atoms with Crippen LogP contribution in [0.25, 0.3) is 11.1 Å². The lowest BCUT2D eigenvalue weighted by molar-refractivity contribution is -0.0294. The number of benzene rings is 2. The van der Waals surface area contributed by atoms with E-state index in [0.29, 0.717) is 0 Å². The highest BCUT2D eigenvalue weighted by atomic mass is 35.5. The standard InChI is InChI=1S/C19H21ClO/c1-3-19(2)17(20)13-18(19)21-16-11-9-15(10-12-16)14-7-5-4-6-8-14/h4-12,17-18H,3,13H2,1-2H3. The van der Waals surface area contributed by atoms with Gasteiger partial charge in [-0.1, -0.05) is 56.3 Å². The van der Waals surface area contributed by atoms with Gasteiger partial charge in [-0.15, -0.1) is 11.6 Å². The zero-order chi connectivity index (χ0) is 14.9. The Morgan fingerprint density at radius 3 is 2.24 bits per heavy atom. The van der Waals surface area contributed by atoms with Gasteiger partial charge in [0.25, 0.3) is 0 Å². The quantitative estimate of drug-likeness (QED) is 0.675. The van der Waals surface area contributed by atoms with E-state index in [0.717, 1.165) is 18.6 Å². The number of halogens is 1. The molecule has 0 bridgehead atoms. The molecule has 0 saturated heterocycles. The van der Waals surface area contributed by atoms with Crippen LogP contribution in [0.1, 0.15) is 26.7 Å². The molecule has 0 aromatic heterocycles. The Labute approximate surface area is 131 Å². The van der Waals surface area contributed by atoms with Gasteiger partial charge in [-0.3, -0.25) is 0 Å². The fraction of sp³-hybridized carbons (Fsp3) is 0.368. The van der Waals surface area contributed by atoms with Gasteiger partial charge in [0.1, 0.15) is 11.9 Å². The molecular formula is C19H21ClO. The van der Waals surface area contributed by atoms with Crippen molar-refractivity contribution >= 4 is 11.6 Å². The number of hydrogen-bond donors (Lipinski definition) is 0. The lowest BCUT2D eigenvalue weighted by Gasteiger charge is -2.50. The molecule has 1 aliphatic carbocycles. The van der Waals surface area contributed by atoms with E-state index in [1.807, 2.05) is 6.07 Å². The molecule has 1 aliphatic rings. The molecule has 0 amide bonds. The van der Waals surface area contributed by atoms with Crippen LogP contribution < -0.4 is 4.74 Å². The second-order valence-electron chi connectivity index (χ2n) is 6.06. The van der Waals surface area contributed by atoms with Gasteiger partial charge in [-0.2, -0.15) is 0 Å². The van der Waals surface area contributed by atoms with Crippen LogP contribution in [0.4, 0.5) is 0 Å². The Hall–Kier alpha value is -1.47. The van der Waals surface area contributed by atoms with Crippen LogP contribution >= 0.6 is 11.6 Å². The van der Waals surface area contributed by atoms with Gasteiger partial charge in [0.2, 0.25) is 0 Å². The Morgan fingerprint density at radius 1 is 1.05 bits per heavy atom. The van der Waals surface area contributed by atoms with Crippen molar-refractivity contribution in [3.05, 3.63) is 54.6 Å². The molecule has 3 unspecified atom stereocenters. The van der Waals surface area contributed by atoms with Gasteiger partial charge in [-0.05, 0) is 29.7 Å². The number of hydrogen-bond acceptors (Lipinski definition) is 1. The molecule has 2 aromatic carbocycles. The summed E-state index contributed by atoms with van der Waals surface area (Å²) in [4.78, 5) is 0. The third-order valence-corrected chi connectivity index (χ3v) is 5.55. The maximum Gasteiger partial charge on any atom is 0.119 e. The van der Waals surface area contributed by atoms with E-state index in [1.165, 1.54) is 11.1 Å². The van der Waals surface area contributed by atoms with E-state index in [1.54, 1.807) is 0 Å². The fourth-order valence-corrected chi connectivity index (χ4v) is 3.38. The van der Waals surface area contributed by atoms with Crippen LogP contribution in [-0.2, 0) is 0 Å². The normalized spacial score (nSPS) is 28.0. The maximum absolute atomic E-state index is 6.34. The molecule has 3 atom stereocenters. The predicted octanol–water partition coefficient (Wildman–Crippen LogP) is 5.53. The SMILES string of the molecule is CCC1(C)C(Cl)CC1Oc1ccc(-c2ccccc2)cc1. The molecule has 0 heterocycles. The first-order valence-electron chi connectivity index (χ1n) is 7.59. The van der Waals surface area contributed by atoms with Crippen LogP contribution in [0.5, 0.6) is 5.75 Å². The summed E-state index contributed by atoms with van der Waals surface area (Å²) < 4.78 is 6.13. The lowest BCUT2D eigenvalue weighted by atomic mass is 9.65. The van der Waals surface area contributed by atoms with Gasteiger partial charge < -0.3 is 4.74 Å². The molecule has 2 aromatic rings. The minimum absolute atomic E-state index is 0.0969. The topological polar surface area (TPSA) is 9.23 Å². The molecule has 0 radical (unpaired) electrons. The third-order valence-electron chi connectivity index (χ3n) is 4.87. The van der Waals surface area contributed by atoms with Gasteiger partial charge in [0.05, 0.1) is 0 Å². The molecule has 2 heteroatoms. The van der Waals surface area contributed by atoms with E-state index in [-0.39, 0.29) is 16.9 Å². The fourth-order valence-electron chi connectivity index (χ4n) is 2.92. The zero-order valence-electron chi connectivity index (χ0n) is 12.6. The Bertz CT molecular complexity index is 593. The molecule has 21 heavy (non-hydrogen) atoms. The van der Waals surface area contributed by atoms with Crippen LogP contribution in [0.3, 0.4) is 0 Å². The molecule has 1 saturated carbocycles. The second-order valence-corrected chi connectivity index (χ2v) is 6.59. The van der Waals surface area contributed by atoms with Crippen LogP contribution in [0.15, 0.2) is 54.6 Å². The molecular weight excluding hydrogens is 280 g/mol. The summed E-state index contributed by atoms with van der Waals surface area (Å²) in [6, 6.07) is 18.7. The Balaban J connectivity index is 1.71. The molecule has 1 nitrogen and oxygen atoms in total. The molecule has 0 N–H and O–H groups in total. The highest BCUT2D eigenvalue weighted by molar-refractivity contribution is 6.21. The second kappa shape index (κ2) is 5.73. The van der Waals surface area contributed by atoms with Gasteiger partial charge >= 0.3 is 0 Å². The highest BCUT2D eigenvalue weighted by Gasteiger charge is 2.51. The predicted molar refractivity (Wildman–Crippen MR) is 89.0 cm³/mol. The van der Waals surface area contributed by atoms with Crippen molar-refractivity contribution in [3.8, 4) is 16.9 Å². The summed E-state index contributed by atoms with van der Waals surface area (Å²) in [5.41, 5.74) is 2.54. The monoisotopic (exact) mass is 300 g/mol. The van der Waals surface area contributed by atoms with E-state index in [9.17, 15) is 0 Å². The van der Waals surface area contributed by atoms with E-state index >= 15 is 0 Å². The van der Waals surface area contributed by atoms with Crippen molar-refractivity contribution in [2.75, 3.05) is 0 Å². The van der Waals surface area contributed by atoms with Crippen molar-refractivity contribution in [1.82, 2.24) is 0 Å². The number of rotatable bonds is 4. The van der Waals surface area contributed by atoms with Gasteiger partial charge in [0.15, 0.2) is 0 Å². The Kier molecular flexibility index (Phi) is 3.95. The summed E-state index contributed by atoms with van der Waals surface area (Å²) >= 11 is 6.34.